The van der Waals surface area contributed by atoms with E-state index in [4.69, 9.17) is 9.84 Å². The van der Waals surface area contributed by atoms with Crippen LogP contribution in [-0.4, -0.2) is 43.8 Å². The number of carboxylic acids is 1. The number of carbonyl (C=O) groups excluding carboxylic acids is 1. The number of nitrogens with one attached hydrogen (secondary N) is 2. The van der Waals surface area contributed by atoms with Crippen LogP contribution in [0.2, 0.25) is 0 Å². The van der Waals surface area contributed by atoms with Crippen molar-refractivity contribution in [1.82, 2.24) is 5.32 Å². The van der Waals surface area contributed by atoms with E-state index in [9.17, 15) is 9.59 Å². The fraction of sp³-hybridized carbons (Fsp3) is 0.333. The molecule has 0 radical (unpaired) electrons. The number of carbonyl (C=O) groups is 2. The Labute approximate surface area is 119 Å². The quantitative estimate of drug-likeness (QED) is 0.656. The highest BCUT2D eigenvalue weighted by molar-refractivity contribution is 9.10. The zero-order valence-corrected chi connectivity index (χ0v) is 12.0. The standard InChI is InChI=1S/C12H15BrN2O4/c1-19-5-4-14-7-11(16)15-10-3-2-8(12(17)18)6-9(10)13/h2-3,6,14H,4-5,7H2,1H3,(H,15,16)(H,17,18). The summed E-state index contributed by atoms with van der Waals surface area (Å²) >= 11 is 3.22. The van der Waals surface area contributed by atoms with Crippen molar-refractivity contribution in [1.29, 1.82) is 0 Å². The molecule has 7 heteroatoms. The normalized spacial score (nSPS) is 10.2. The number of carboxylic acid groups (broad SMARTS) is 1. The average molecular weight is 331 g/mol. The Morgan fingerprint density at radius 2 is 2.16 bits per heavy atom. The summed E-state index contributed by atoms with van der Waals surface area (Å²) in [5, 5.41) is 14.4. The van der Waals surface area contributed by atoms with Crippen molar-refractivity contribution in [2.75, 3.05) is 32.1 Å². The Hall–Kier alpha value is -1.44. The number of hydrogen-bond acceptors (Lipinski definition) is 4. The molecule has 0 spiro atoms. The van der Waals surface area contributed by atoms with Gasteiger partial charge in [-0.1, -0.05) is 0 Å². The number of aromatic carboxylic acids is 1. The zero-order valence-electron chi connectivity index (χ0n) is 10.4. The third-order valence-electron chi connectivity index (χ3n) is 2.26. The molecule has 0 heterocycles. The molecule has 104 valence electrons. The smallest absolute Gasteiger partial charge is 0.335 e. The van der Waals surface area contributed by atoms with Crippen LogP contribution in [-0.2, 0) is 9.53 Å². The number of halogens is 1. The topological polar surface area (TPSA) is 87.7 Å². The van der Waals surface area contributed by atoms with Gasteiger partial charge in [-0.25, -0.2) is 4.79 Å². The maximum Gasteiger partial charge on any atom is 0.335 e. The van der Waals surface area contributed by atoms with Crippen molar-refractivity contribution in [2.24, 2.45) is 0 Å². The van der Waals surface area contributed by atoms with E-state index in [0.29, 0.717) is 23.3 Å². The van der Waals surface area contributed by atoms with Crippen molar-refractivity contribution in [3.8, 4) is 0 Å². The second-order valence-corrected chi connectivity index (χ2v) is 4.57. The number of anilines is 1. The van der Waals surface area contributed by atoms with Gasteiger partial charge in [0, 0.05) is 18.1 Å². The van der Waals surface area contributed by atoms with Crippen molar-refractivity contribution in [2.45, 2.75) is 0 Å². The Morgan fingerprint density at radius 3 is 2.74 bits per heavy atom. The van der Waals surface area contributed by atoms with Crippen molar-refractivity contribution in [3.63, 3.8) is 0 Å². The predicted molar refractivity (Wildman–Crippen MR) is 74.5 cm³/mol. The molecule has 0 bridgehead atoms. The Balaban J connectivity index is 2.52. The molecule has 1 aromatic carbocycles. The number of benzene rings is 1. The Kier molecular flexibility index (Phi) is 6.48. The highest BCUT2D eigenvalue weighted by Gasteiger charge is 2.09. The van der Waals surface area contributed by atoms with E-state index in [1.807, 2.05) is 0 Å². The molecule has 0 unspecified atom stereocenters. The number of hydrogen-bond donors (Lipinski definition) is 3. The molecule has 19 heavy (non-hydrogen) atoms. The molecular weight excluding hydrogens is 316 g/mol. The van der Waals surface area contributed by atoms with Gasteiger partial charge in [0.2, 0.25) is 5.91 Å². The van der Waals surface area contributed by atoms with E-state index in [0.717, 1.165) is 0 Å². The maximum atomic E-state index is 11.6. The van der Waals surface area contributed by atoms with Crippen molar-refractivity contribution >= 4 is 33.5 Å². The fourth-order valence-corrected chi connectivity index (χ4v) is 1.80. The summed E-state index contributed by atoms with van der Waals surface area (Å²) in [7, 11) is 1.59. The van der Waals surface area contributed by atoms with Gasteiger partial charge in [-0.2, -0.15) is 0 Å². The van der Waals surface area contributed by atoms with Crippen LogP contribution in [0.3, 0.4) is 0 Å². The zero-order chi connectivity index (χ0) is 14.3. The molecule has 3 N–H and O–H groups in total. The molecule has 0 aliphatic rings. The van der Waals surface area contributed by atoms with Gasteiger partial charge in [0.25, 0.3) is 0 Å². The number of amides is 1. The third-order valence-corrected chi connectivity index (χ3v) is 2.91. The highest BCUT2D eigenvalue weighted by atomic mass is 79.9. The largest absolute Gasteiger partial charge is 0.478 e. The third kappa shape index (κ3) is 5.37. The number of ether oxygens (including phenoxy) is 1. The first-order chi connectivity index (χ1) is 9.04. The number of rotatable bonds is 7. The fourth-order valence-electron chi connectivity index (χ4n) is 1.32. The lowest BCUT2D eigenvalue weighted by atomic mass is 10.2. The molecule has 0 saturated heterocycles. The molecule has 0 aliphatic heterocycles. The van der Waals surface area contributed by atoms with Crippen LogP contribution in [0.5, 0.6) is 0 Å². The molecule has 1 rings (SSSR count). The molecule has 0 fully saturated rings. The van der Waals surface area contributed by atoms with E-state index in [2.05, 4.69) is 26.6 Å². The van der Waals surface area contributed by atoms with Crippen molar-refractivity contribution < 1.29 is 19.4 Å². The minimum atomic E-state index is -1.01. The highest BCUT2D eigenvalue weighted by Crippen LogP contribution is 2.23. The van der Waals surface area contributed by atoms with Gasteiger partial charge in [0.05, 0.1) is 24.4 Å². The van der Waals surface area contributed by atoms with Gasteiger partial charge >= 0.3 is 5.97 Å². The van der Waals surface area contributed by atoms with Crippen LogP contribution in [0, 0.1) is 0 Å². The first-order valence-electron chi connectivity index (χ1n) is 5.57. The van der Waals surface area contributed by atoms with Crippen molar-refractivity contribution in [3.05, 3.63) is 28.2 Å². The SMILES string of the molecule is COCCNCC(=O)Nc1ccc(C(=O)O)cc1Br. The van der Waals surface area contributed by atoms with Crippen LogP contribution in [0.1, 0.15) is 10.4 Å². The second kappa shape index (κ2) is 7.88. The van der Waals surface area contributed by atoms with Crippen LogP contribution in [0.15, 0.2) is 22.7 Å². The number of methoxy groups -OCH3 is 1. The second-order valence-electron chi connectivity index (χ2n) is 3.72. The lowest BCUT2D eigenvalue weighted by Gasteiger charge is -2.08. The van der Waals surface area contributed by atoms with Crippen LogP contribution in [0.25, 0.3) is 0 Å². The summed E-state index contributed by atoms with van der Waals surface area (Å²) in [5.74, 6) is -1.22. The van der Waals surface area contributed by atoms with Gasteiger partial charge in [-0.15, -0.1) is 0 Å². The summed E-state index contributed by atoms with van der Waals surface area (Å²) in [5.41, 5.74) is 0.687. The summed E-state index contributed by atoms with van der Waals surface area (Å²) in [6, 6.07) is 4.41. The molecule has 6 nitrogen and oxygen atoms in total. The van der Waals surface area contributed by atoms with Gasteiger partial charge < -0.3 is 20.5 Å². The monoisotopic (exact) mass is 330 g/mol. The van der Waals surface area contributed by atoms with E-state index in [-0.39, 0.29) is 18.0 Å². The molecule has 0 aliphatic carbocycles. The molecule has 0 saturated carbocycles. The minimum Gasteiger partial charge on any atom is -0.478 e. The van der Waals surface area contributed by atoms with Crippen LogP contribution >= 0.6 is 15.9 Å². The summed E-state index contributed by atoms with van der Waals surface area (Å²) in [4.78, 5) is 22.4. The molecular formula is C12H15BrN2O4. The van der Waals surface area contributed by atoms with Gasteiger partial charge in [-0.05, 0) is 34.1 Å². The predicted octanol–water partition coefficient (Wildman–Crippen LogP) is 1.32. The lowest BCUT2D eigenvalue weighted by Crippen LogP contribution is -2.30. The van der Waals surface area contributed by atoms with Gasteiger partial charge in [0.1, 0.15) is 0 Å². The van der Waals surface area contributed by atoms with Gasteiger partial charge in [0.15, 0.2) is 0 Å². The lowest BCUT2D eigenvalue weighted by molar-refractivity contribution is -0.115. The van der Waals surface area contributed by atoms with E-state index in [1.54, 1.807) is 13.2 Å². The van der Waals surface area contributed by atoms with E-state index >= 15 is 0 Å². The molecule has 1 aromatic rings. The Bertz CT molecular complexity index is 465. The van der Waals surface area contributed by atoms with Crippen LogP contribution < -0.4 is 10.6 Å². The first-order valence-corrected chi connectivity index (χ1v) is 6.36. The average Bonchev–Trinajstić information content (AvgIpc) is 2.37. The Morgan fingerprint density at radius 1 is 1.42 bits per heavy atom. The summed E-state index contributed by atoms with van der Waals surface area (Å²) in [6.45, 7) is 1.28. The molecule has 0 atom stereocenters. The maximum absolute atomic E-state index is 11.6. The van der Waals surface area contributed by atoms with Crippen LogP contribution in [0.4, 0.5) is 5.69 Å². The summed E-state index contributed by atoms with van der Waals surface area (Å²) < 4.78 is 5.36. The molecule has 0 aromatic heterocycles. The van der Waals surface area contributed by atoms with Gasteiger partial charge in [-0.3, -0.25) is 4.79 Å². The van der Waals surface area contributed by atoms with E-state index < -0.39 is 5.97 Å². The minimum absolute atomic E-state index is 0.156. The first kappa shape index (κ1) is 15.6. The summed E-state index contributed by atoms with van der Waals surface area (Å²) in [6.07, 6.45) is 0. The molecule has 1 amide bonds. The van der Waals surface area contributed by atoms with E-state index in [1.165, 1.54) is 12.1 Å².